The van der Waals surface area contributed by atoms with Gasteiger partial charge in [0.15, 0.2) is 0 Å². The topological polar surface area (TPSA) is 56.5 Å². The minimum absolute atomic E-state index is 0.191. The summed E-state index contributed by atoms with van der Waals surface area (Å²) < 4.78 is 10.5. The van der Waals surface area contributed by atoms with Crippen LogP contribution in [-0.2, 0) is 6.54 Å². The van der Waals surface area contributed by atoms with E-state index in [9.17, 15) is 0 Å². The average molecular weight is 266 g/mol. The predicted molar refractivity (Wildman–Crippen MR) is 78.7 cm³/mol. The van der Waals surface area contributed by atoms with Crippen molar-refractivity contribution in [1.29, 1.82) is 0 Å². The Morgan fingerprint density at radius 1 is 1.21 bits per heavy atom. The van der Waals surface area contributed by atoms with Crippen LogP contribution >= 0.6 is 0 Å². The van der Waals surface area contributed by atoms with Gasteiger partial charge in [-0.05, 0) is 31.0 Å². The van der Waals surface area contributed by atoms with Crippen LogP contribution in [0.2, 0.25) is 0 Å². The van der Waals surface area contributed by atoms with Crippen LogP contribution in [0.4, 0.5) is 0 Å². The quantitative estimate of drug-likeness (QED) is 0.708. The maximum Gasteiger partial charge on any atom is 0.127 e. The average Bonchev–Trinajstić information content (AvgIpc) is 2.43. The molecule has 0 fully saturated rings. The Bertz CT molecular complexity index is 392. The Balaban J connectivity index is 2.49. The molecule has 0 bridgehead atoms. The third-order valence-electron chi connectivity index (χ3n) is 3.34. The zero-order valence-corrected chi connectivity index (χ0v) is 12.5. The van der Waals surface area contributed by atoms with Crippen LogP contribution in [-0.4, -0.2) is 27.3 Å². The van der Waals surface area contributed by atoms with E-state index in [2.05, 4.69) is 19.2 Å². The molecule has 0 aliphatic rings. The van der Waals surface area contributed by atoms with Crippen LogP contribution in [0, 0.1) is 5.41 Å². The van der Waals surface area contributed by atoms with Gasteiger partial charge in [-0.25, -0.2) is 0 Å². The van der Waals surface area contributed by atoms with E-state index < -0.39 is 0 Å². The second kappa shape index (κ2) is 7.36. The molecule has 0 amide bonds. The molecule has 0 saturated heterocycles. The van der Waals surface area contributed by atoms with Gasteiger partial charge in [-0.1, -0.05) is 19.9 Å². The third kappa shape index (κ3) is 5.09. The minimum Gasteiger partial charge on any atom is -0.497 e. The van der Waals surface area contributed by atoms with Crippen LogP contribution in [0.15, 0.2) is 18.2 Å². The zero-order valence-electron chi connectivity index (χ0n) is 12.5. The van der Waals surface area contributed by atoms with Crippen molar-refractivity contribution < 1.29 is 9.47 Å². The Labute approximate surface area is 116 Å². The summed E-state index contributed by atoms with van der Waals surface area (Å²) in [7, 11) is 3.33. The van der Waals surface area contributed by atoms with Crippen molar-refractivity contribution in [3.8, 4) is 11.5 Å². The number of hydrogen-bond donors (Lipinski definition) is 2. The fourth-order valence-corrected chi connectivity index (χ4v) is 1.75. The van der Waals surface area contributed by atoms with Gasteiger partial charge in [0.1, 0.15) is 11.5 Å². The largest absolute Gasteiger partial charge is 0.497 e. The molecule has 0 spiro atoms. The molecule has 0 aliphatic heterocycles. The number of rotatable bonds is 8. The highest BCUT2D eigenvalue weighted by atomic mass is 16.5. The molecule has 1 aromatic carbocycles. The van der Waals surface area contributed by atoms with Crippen molar-refractivity contribution in [1.82, 2.24) is 5.32 Å². The molecule has 0 atom stereocenters. The molecule has 4 nitrogen and oxygen atoms in total. The molecule has 0 heterocycles. The number of methoxy groups -OCH3 is 2. The fourth-order valence-electron chi connectivity index (χ4n) is 1.75. The molecule has 1 aromatic rings. The van der Waals surface area contributed by atoms with Crippen molar-refractivity contribution in [2.24, 2.45) is 11.1 Å². The highest BCUT2D eigenvalue weighted by molar-refractivity contribution is 5.40. The molecule has 0 aromatic heterocycles. The first kappa shape index (κ1) is 15.8. The summed E-state index contributed by atoms with van der Waals surface area (Å²) in [5.41, 5.74) is 7.04. The summed E-state index contributed by atoms with van der Waals surface area (Å²) in [6.45, 7) is 6.80. The smallest absolute Gasteiger partial charge is 0.127 e. The molecule has 1 rings (SSSR count). The van der Waals surface area contributed by atoms with Crippen molar-refractivity contribution in [2.45, 2.75) is 26.8 Å². The van der Waals surface area contributed by atoms with Gasteiger partial charge in [0, 0.05) is 18.2 Å². The maximum atomic E-state index is 5.72. The lowest BCUT2D eigenvalue weighted by Crippen LogP contribution is -2.28. The van der Waals surface area contributed by atoms with E-state index in [4.69, 9.17) is 15.2 Å². The molecule has 19 heavy (non-hydrogen) atoms. The first-order chi connectivity index (χ1) is 9.02. The Morgan fingerprint density at radius 3 is 2.53 bits per heavy atom. The number of nitrogens with one attached hydrogen (secondary N) is 1. The van der Waals surface area contributed by atoms with E-state index in [-0.39, 0.29) is 5.41 Å². The van der Waals surface area contributed by atoms with Gasteiger partial charge in [-0.2, -0.15) is 0 Å². The first-order valence-corrected chi connectivity index (χ1v) is 6.64. The molecule has 108 valence electrons. The van der Waals surface area contributed by atoms with Crippen molar-refractivity contribution in [2.75, 3.05) is 27.3 Å². The second-order valence-electron chi connectivity index (χ2n) is 5.47. The lowest BCUT2D eigenvalue weighted by molar-refractivity contribution is 0.338. The lowest BCUT2D eigenvalue weighted by atomic mass is 9.90. The van der Waals surface area contributed by atoms with Gasteiger partial charge in [0.25, 0.3) is 0 Å². The number of ether oxygens (including phenoxy) is 2. The fraction of sp³-hybridized carbons (Fsp3) is 0.600. The molecular formula is C15H26N2O2. The van der Waals surface area contributed by atoms with Crippen LogP contribution in [0.3, 0.4) is 0 Å². The highest BCUT2D eigenvalue weighted by Crippen LogP contribution is 2.24. The van der Waals surface area contributed by atoms with Gasteiger partial charge >= 0.3 is 0 Å². The molecule has 0 aliphatic carbocycles. The monoisotopic (exact) mass is 266 g/mol. The Hall–Kier alpha value is -1.26. The van der Waals surface area contributed by atoms with Gasteiger partial charge in [-0.3, -0.25) is 0 Å². The van der Waals surface area contributed by atoms with Crippen LogP contribution in [0.1, 0.15) is 25.8 Å². The normalized spacial score (nSPS) is 11.4. The summed E-state index contributed by atoms with van der Waals surface area (Å²) in [5.74, 6) is 1.66. The molecule has 0 radical (unpaired) electrons. The lowest BCUT2D eigenvalue weighted by Gasteiger charge is -2.22. The van der Waals surface area contributed by atoms with Crippen molar-refractivity contribution >= 4 is 0 Å². The number of hydrogen-bond acceptors (Lipinski definition) is 4. The van der Waals surface area contributed by atoms with E-state index in [0.29, 0.717) is 6.54 Å². The van der Waals surface area contributed by atoms with Crippen LogP contribution in [0.25, 0.3) is 0 Å². The van der Waals surface area contributed by atoms with Gasteiger partial charge < -0.3 is 20.5 Å². The summed E-state index contributed by atoms with van der Waals surface area (Å²) in [6, 6.07) is 5.88. The van der Waals surface area contributed by atoms with Gasteiger partial charge in [0.05, 0.1) is 14.2 Å². The predicted octanol–water partition coefficient (Wildman–Crippen LogP) is 2.17. The van der Waals surface area contributed by atoms with E-state index >= 15 is 0 Å². The second-order valence-corrected chi connectivity index (χ2v) is 5.47. The summed E-state index contributed by atoms with van der Waals surface area (Å²) in [4.78, 5) is 0. The highest BCUT2D eigenvalue weighted by Gasteiger charge is 2.14. The van der Waals surface area contributed by atoms with Crippen LogP contribution in [0.5, 0.6) is 11.5 Å². The molecular weight excluding hydrogens is 240 g/mol. The minimum atomic E-state index is 0.191. The SMILES string of the molecule is COc1ccc(CNCCC(C)(C)CN)c(OC)c1. The van der Waals surface area contributed by atoms with Crippen molar-refractivity contribution in [3.05, 3.63) is 23.8 Å². The van der Waals surface area contributed by atoms with Gasteiger partial charge in [0.2, 0.25) is 0 Å². The summed E-state index contributed by atoms with van der Waals surface area (Å²) in [5, 5.41) is 3.43. The Kier molecular flexibility index (Phi) is 6.12. The molecule has 0 unspecified atom stereocenters. The van der Waals surface area contributed by atoms with Gasteiger partial charge in [-0.15, -0.1) is 0 Å². The van der Waals surface area contributed by atoms with E-state index in [0.717, 1.165) is 36.6 Å². The standard InChI is InChI=1S/C15H26N2O2/c1-15(2,11-16)7-8-17-10-12-5-6-13(18-3)9-14(12)19-4/h5-6,9,17H,7-8,10-11,16H2,1-4H3. The summed E-state index contributed by atoms with van der Waals surface area (Å²) >= 11 is 0. The molecule has 0 saturated carbocycles. The maximum absolute atomic E-state index is 5.72. The number of benzene rings is 1. The third-order valence-corrected chi connectivity index (χ3v) is 3.34. The number of nitrogens with two attached hydrogens (primary N) is 1. The van der Waals surface area contributed by atoms with E-state index in [1.807, 2.05) is 18.2 Å². The molecule has 4 heteroatoms. The first-order valence-electron chi connectivity index (χ1n) is 6.64. The van der Waals surface area contributed by atoms with E-state index in [1.165, 1.54) is 0 Å². The zero-order chi connectivity index (χ0) is 14.3. The molecule has 3 N–H and O–H groups in total. The van der Waals surface area contributed by atoms with E-state index in [1.54, 1.807) is 14.2 Å². The Morgan fingerprint density at radius 2 is 1.95 bits per heavy atom. The van der Waals surface area contributed by atoms with Crippen molar-refractivity contribution in [3.63, 3.8) is 0 Å². The summed E-state index contributed by atoms with van der Waals surface area (Å²) in [6.07, 6.45) is 1.06. The van der Waals surface area contributed by atoms with Crippen LogP contribution < -0.4 is 20.5 Å².